The number of halogens is 1. The summed E-state index contributed by atoms with van der Waals surface area (Å²) in [5.41, 5.74) is 1.99. The number of rotatable bonds is 9. The lowest BCUT2D eigenvalue weighted by molar-refractivity contribution is -0.133. The Morgan fingerprint density at radius 1 is 1.09 bits per heavy atom. The van der Waals surface area contributed by atoms with Crippen LogP contribution in [0.4, 0.5) is 10.1 Å². The number of hydrogen-bond donors (Lipinski definition) is 1. The maximum absolute atomic E-state index is 15.5. The van der Waals surface area contributed by atoms with Gasteiger partial charge in [0.2, 0.25) is 5.91 Å². The van der Waals surface area contributed by atoms with Crippen LogP contribution in [0.1, 0.15) is 53.6 Å². The fourth-order valence-corrected chi connectivity index (χ4v) is 8.01. The highest BCUT2D eigenvalue weighted by Gasteiger charge is 2.39. The summed E-state index contributed by atoms with van der Waals surface area (Å²) in [4.78, 5) is 44.8. The Balaban J connectivity index is 1.13. The summed E-state index contributed by atoms with van der Waals surface area (Å²) < 4.78 is 22.9. The first-order valence-electron chi connectivity index (χ1n) is 16.1. The molecule has 8 nitrogen and oxygen atoms in total. The van der Waals surface area contributed by atoms with Crippen LogP contribution in [0.15, 0.2) is 41.8 Å². The summed E-state index contributed by atoms with van der Waals surface area (Å²) >= 11 is 1.50. The van der Waals surface area contributed by atoms with E-state index in [9.17, 15) is 14.4 Å². The van der Waals surface area contributed by atoms with Crippen molar-refractivity contribution in [2.45, 2.75) is 63.6 Å². The van der Waals surface area contributed by atoms with Crippen molar-refractivity contribution < 1.29 is 23.5 Å². The van der Waals surface area contributed by atoms with Crippen molar-refractivity contribution in [2.75, 3.05) is 51.7 Å². The lowest BCUT2D eigenvalue weighted by Crippen LogP contribution is -2.50. The predicted molar refractivity (Wildman–Crippen MR) is 175 cm³/mol. The quantitative estimate of drug-likeness (QED) is 0.329. The Kier molecular flexibility index (Phi) is 9.94. The molecule has 1 saturated carbocycles. The molecule has 0 spiro atoms. The highest BCUT2D eigenvalue weighted by molar-refractivity contribution is 7.17. The zero-order valence-electron chi connectivity index (χ0n) is 26.2. The number of piperazine rings is 1. The first-order chi connectivity index (χ1) is 21.8. The molecule has 2 atom stereocenters. The van der Waals surface area contributed by atoms with E-state index in [-0.39, 0.29) is 42.3 Å². The molecule has 3 aliphatic rings. The SMILES string of the molecule is Cc1cc(CC(=O)N2C[C@@H](N3CCN(C)CC3)C[C@H]2CO[C@H]2CC[C@H](C=O)CC2)c(F)cc1NC(=O)c1csc2ccccc12. The molecule has 3 aromatic rings. The minimum absolute atomic E-state index is 0.0491. The number of fused-ring (bicyclic) bond motifs is 1. The first kappa shape index (κ1) is 31.8. The molecule has 45 heavy (non-hydrogen) atoms. The van der Waals surface area contributed by atoms with Gasteiger partial charge in [0.25, 0.3) is 5.91 Å². The van der Waals surface area contributed by atoms with E-state index >= 15 is 4.39 Å². The van der Waals surface area contributed by atoms with Crippen LogP contribution in [0.5, 0.6) is 0 Å². The molecule has 0 unspecified atom stereocenters. The van der Waals surface area contributed by atoms with Gasteiger partial charge in [0.1, 0.15) is 12.1 Å². The molecule has 10 heteroatoms. The molecule has 1 N–H and O–H groups in total. The van der Waals surface area contributed by atoms with E-state index in [2.05, 4.69) is 22.2 Å². The molecule has 1 aliphatic carbocycles. The van der Waals surface area contributed by atoms with Crippen LogP contribution in [0, 0.1) is 18.7 Å². The van der Waals surface area contributed by atoms with Crippen LogP contribution >= 0.6 is 11.3 Å². The van der Waals surface area contributed by atoms with Crippen molar-refractivity contribution in [1.29, 1.82) is 0 Å². The maximum atomic E-state index is 15.5. The zero-order valence-corrected chi connectivity index (χ0v) is 27.0. The fraction of sp³-hybridized carbons (Fsp3) is 0.514. The van der Waals surface area contributed by atoms with Crippen molar-refractivity contribution in [3.63, 3.8) is 0 Å². The van der Waals surface area contributed by atoms with Gasteiger partial charge in [-0.1, -0.05) is 24.3 Å². The first-order valence-corrected chi connectivity index (χ1v) is 17.0. The van der Waals surface area contributed by atoms with Gasteiger partial charge in [-0.25, -0.2) is 4.39 Å². The number of carbonyl (C=O) groups is 3. The molecule has 3 heterocycles. The number of amides is 2. The number of hydrogen-bond acceptors (Lipinski definition) is 7. The Bertz CT molecular complexity index is 1530. The number of thiophene rings is 1. The van der Waals surface area contributed by atoms with E-state index in [4.69, 9.17) is 4.74 Å². The maximum Gasteiger partial charge on any atom is 0.257 e. The van der Waals surface area contributed by atoms with Gasteiger partial charge in [0, 0.05) is 65.8 Å². The summed E-state index contributed by atoms with van der Waals surface area (Å²) in [5, 5.41) is 5.56. The standard InChI is InChI=1S/C35H43FN4O4S/c1-23-15-25(31(36)18-32(23)37-35(43)30-22-45-33-6-4-3-5-29(30)33)16-34(42)40-19-26(39-13-11-38(2)12-14-39)17-27(40)21-44-28-9-7-24(20-41)8-10-28/h3-6,15,18,20,22,24,26-28H,7-14,16-17,19,21H2,1-2H3,(H,37,43)/t24-,26-,27-,28-/m0/s1. The third kappa shape index (κ3) is 7.30. The molecular weight excluding hydrogens is 591 g/mol. The van der Waals surface area contributed by atoms with E-state index < -0.39 is 5.82 Å². The Morgan fingerprint density at radius 2 is 1.84 bits per heavy atom. The van der Waals surface area contributed by atoms with Crippen LogP contribution in [0.3, 0.4) is 0 Å². The number of aryl methyl sites for hydroxylation is 1. The number of likely N-dealkylation sites (tertiary alicyclic amines) is 1. The van der Waals surface area contributed by atoms with Gasteiger partial charge in [-0.15, -0.1) is 11.3 Å². The summed E-state index contributed by atoms with van der Waals surface area (Å²) in [6, 6.07) is 10.9. The highest BCUT2D eigenvalue weighted by atomic mass is 32.1. The second-order valence-corrected chi connectivity index (χ2v) is 13.9. The van der Waals surface area contributed by atoms with Gasteiger partial charge in [-0.05, 0) is 69.3 Å². The molecule has 6 rings (SSSR count). The zero-order chi connectivity index (χ0) is 31.5. The van der Waals surface area contributed by atoms with Crippen molar-refractivity contribution in [3.05, 3.63) is 64.3 Å². The second-order valence-electron chi connectivity index (χ2n) is 13.0. The monoisotopic (exact) mass is 634 g/mol. The number of likely N-dealkylation sites (N-methyl/N-ethyl adjacent to an activating group) is 1. The average Bonchev–Trinajstić information content (AvgIpc) is 3.68. The van der Waals surface area contributed by atoms with Crippen molar-refractivity contribution in [1.82, 2.24) is 14.7 Å². The summed E-state index contributed by atoms with van der Waals surface area (Å²) in [6.07, 6.45) is 5.38. The van der Waals surface area contributed by atoms with Gasteiger partial charge in [-0.3, -0.25) is 14.5 Å². The summed E-state index contributed by atoms with van der Waals surface area (Å²) in [5.74, 6) is -0.767. The largest absolute Gasteiger partial charge is 0.376 e. The molecule has 2 aromatic carbocycles. The molecule has 2 aliphatic heterocycles. The third-order valence-electron chi connectivity index (χ3n) is 9.91. The van der Waals surface area contributed by atoms with Gasteiger partial charge < -0.3 is 24.6 Å². The van der Waals surface area contributed by atoms with Crippen LogP contribution in [0.2, 0.25) is 0 Å². The lowest BCUT2D eigenvalue weighted by Gasteiger charge is -2.36. The van der Waals surface area contributed by atoms with Crippen molar-refractivity contribution >= 4 is 45.2 Å². The average molecular weight is 635 g/mol. The Morgan fingerprint density at radius 3 is 2.60 bits per heavy atom. The number of benzene rings is 2. The lowest BCUT2D eigenvalue weighted by atomic mass is 9.88. The predicted octanol–water partition coefficient (Wildman–Crippen LogP) is 5.13. The molecule has 3 fully saturated rings. The van der Waals surface area contributed by atoms with Crippen molar-refractivity contribution in [3.8, 4) is 0 Å². The second kappa shape index (κ2) is 14.1. The van der Waals surface area contributed by atoms with E-state index in [0.29, 0.717) is 35.5 Å². The minimum atomic E-state index is -0.506. The van der Waals surface area contributed by atoms with Crippen LogP contribution in [-0.4, -0.2) is 97.4 Å². The fourth-order valence-electron chi connectivity index (χ4n) is 7.06. The summed E-state index contributed by atoms with van der Waals surface area (Å²) in [7, 11) is 2.13. The minimum Gasteiger partial charge on any atom is -0.376 e. The highest BCUT2D eigenvalue weighted by Crippen LogP contribution is 2.30. The van der Waals surface area contributed by atoms with Gasteiger partial charge in [-0.2, -0.15) is 0 Å². The number of aldehydes is 1. The molecule has 1 aromatic heterocycles. The Labute approximate surface area is 268 Å². The molecule has 2 amide bonds. The number of nitrogens with zero attached hydrogens (tertiary/aromatic N) is 3. The number of anilines is 1. The normalized spacial score (nSPS) is 24.6. The van der Waals surface area contributed by atoms with E-state index in [1.165, 1.54) is 17.4 Å². The van der Waals surface area contributed by atoms with Crippen LogP contribution < -0.4 is 5.32 Å². The van der Waals surface area contributed by atoms with Gasteiger partial charge >= 0.3 is 0 Å². The molecule has 2 saturated heterocycles. The molecule has 0 bridgehead atoms. The van der Waals surface area contributed by atoms with E-state index in [1.807, 2.05) is 41.5 Å². The van der Waals surface area contributed by atoms with E-state index in [1.54, 1.807) is 6.07 Å². The smallest absolute Gasteiger partial charge is 0.257 e. The third-order valence-corrected chi connectivity index (χ3v) is 10.9. The molecule has 0 radical (unpaired) electrons. The summed E-state index contributed by atoms with van der Waals surface area (Å²) in [6.45, 7) is 6.82. The van der Waals surface area contributed by atoms with Gasteiger partial charge in [0.05, 0.1) is 30.7 Å². The topological polar surface area (TPSA) is 82.2 Å². The number of nitrogens with one attached hydrogen (secondary N) is 1. The van der Waals surface area contributed by atoms with E-state index in [0.717, 1.165) is 74.7 Å². The van der Waals surface area contributed by atoms with Crippen LogP contribution in [0.25, 0.3) is 10.1 Å². The Hall–Kier alpha value is -3.18. The number of carbonyl (C=O) groups excluding carboxylic acids is 3. The number of ether oxygens (including phenoxy) is 1. The van der Waals surface area contributed by atoms with Crippen molar-refractivity contribution in [2.24, 2.45) is 5.92 Å². The van der Waals surface area contributed by atoms with Gasteiger partial charge in [0.15, 0.2) is 0 Å². The van der Waals surface area contributed by atoms with Crippen LogP contribution in [-0.2, 0) is 20.7 Å². The molecule has 240 valence electrons. The molecular formula is C35H43FN4O4S.